The van der Waals surface area contributed by atoms with E-state index in [9.17, 15) is 0 Å². The largest absolute Gasteiger partial charge is 0.419 e. The predicted molar refractivity (Wildman–Crippen MR) is 123 cm³/mol. The average Bonchev–Trinajstić information content (AvgIpc) is 3.33. The van der Waals surface area contributed by atoms with Gasteiger partial charge in [-0.3, -0.25) is 0 Å². The second-order valence-corrected chi connectivity index (χ2v) is 8.85. The van der Waals surface area contributed by atoms with E-state index in [1.54, 1.807) is 16.8 Å². The van der Waals surface area contributed by atoms with Crippen molar-refractivity contribution in [1.29, 1.82) is 0 Å². The number of benzene rings is 2. The quantitative estimate of drug-likeness (QED) is 0.282. The van der Waals surface area contributed by atoms with Gasteiger partial charge < -0.3 is 4.42 Å². The Kier molecular flexibility index (Phi) is 6.00. The zero-order chi connectivity index (χ0) is 21.4. The van der Waals surface area contributed by atoms with Crippen LogP contribution in [0, 0.1) is 6.92 Å². The summed E-state index contributed by atoms with van der Waals surface area (Å²) in [6.45, 7) is 6.14. The maximum absolute atomic E-state index is 6.52. The third-order valence-electron chi connectivity index (χ3n) is 5.05. The second kappa shape index (κ2) is 8.53. The molecular weight excluding hydrogens is 487 g/mol. The fourth-order valence-corrected chi connectivity index (χ4v) is 3.93. The molecule has 4 rings (SSSR count). The fraction of sp³-hybridized carbons (Fsp3) is 0.227. The summed E-state index contributed by atoms with van der Waals surface area (Å²) in [7, 11) is 0. The maximum Gasteiger partial charge on any atom is 0.268 e. The first-order valence-corrected chi connectivity index (χ1v) is 11.1. The van der Waals surface area contributed by atoms with Crippen LogP contribution in [0.1, 0.15) is 37.6 Å². The zero-order valence-corrected chi connectivity index (χ0v) is 19.8. The average molecular weight is 506 g/mol. The smallest absolute Gasteiger partial charge is 0.268 e. The molecule has 0 spiro atoms. The van der Waals surface area contributed by atoms with Crippen LogP contribution in [-0.2, 0) is 0 Å². The van der Waals surface area contributed by atoms with E-state index in [1.807, 2.05) is 37.3 Å². The van der Waals surface area contributed by atoms with Gasteiger partial charge in [-0.05, 0) is 43.7 Å². The van der Waals surface area contributed by atoms with Crippen molar-refractivity contribution in [1.82, 2.24) is 20.0 Å². The molecule has 4 aromatic rings. The molecule has 2 aromatic carbocycles. The van der Waals surface area contributed by atoms with Crippen molar-refractivity contribution < 1.29 is 4.42 Å². The number of hydrogen-bond acceptors (Lipinski definition) is 4. The lowest BCUT2D eigenvalue weighted by molar-refractivity contribution is 0.460. The number of nitrogens with zero attached hydrogens (tertiary/aromatic N) is 4. The van der Waals surface area contributed by atoms with Crippen LogP contribution in [0.4, 0.5) is 0 Å². The van der Waals surface area contributed by atoms with E-state index >= 15 is 0 Å². The van der Waals surface area contributed by atoms with E-state index in [2.05, 4.69) is 40.0 Å². The minimum Gasteiger partial charge on any atom is -0.419 e. The Hall–Kier alpha value is -2.15. The van der Waals surface area contributed by atoms with Gasteiger partial charge in [0, 0.05) is 26.5 Å². The van der Waals surface area contributed by atoms with E-state index in [0.717, 1.165) is 33.4 Å². The van der Waals surface area contributed by atoms with Gasteiger partial charge in [-0.2, -0.15) is 5.10 Å². The van der Waals surface area contributed by atoms with Crippen LogP contribution in [0.15, 0.2) is 51.4 Å². The van der Waals surface area contributed by atoms with Crippen molar-refractivity contribution >= 4 is 39.1 Å². The Bertz CT molecular complexity index is 1200. The molecule has 0 fully saturated rings. The molecule has 0 N–H and O–H groups in total. The SMILES string of the molecule is CCC(C)c1nnc(-c2nn(-c3ccc(Cl)cc3Cl)c(-c3ccc(Br)cc3)c2C)o1. The first kappa shape index (κ1) is 21.1. The molecule has 1 unspecified atom stereocenters. The maximum atomic E-state index is 6.52. The summed E-state index contributed by atoms with van der Waals surface area (Å²) < 4.78 is 8.75. The highest BCUT2D eigenvalue weighted by Crippen LogP contribution is 2.36. The molecule has 0 aliphatic heterocycles. The summed E-state index contributed by atoms with van der Waals surface area (Å²) in [4.78, 5) is 0. The van der Waals surface area contributed by atoms with Crippen LogP contribution in [-0.4, -0.2) is 20.0 Å². The minimum atomic E-state index is 0.185. The van der Waals surface area contributed by atoms with Crippen molar-refractivity contribution in [3.05, 3.63) is 68.4 Å². The zero-order valence-electron chi connectivity index (χ0n) is 16.7. The molecule has 0 aliphatic rings. The molecule has 0 bridgehead atoms. The van der Waals surface area contributed by atoms with Crippen molar-refractivity contribution in [2.45, 2.75) is 33.1 Å². The standard InChI is InChI=1S/C22H19BrCl2N4O/c1-4-12(2)21-26-27-22(30-21)19-13(3)20(14-5-7-15(23)8-6-14)29(28-19)18-10-9-16(24)11-17(18)25/h5-12H,4H2,1-3H3. The second-order valence-electron chi connectivity index (χ2n) is 7.09. The number of aromatic nitrogens is 4. The van der Waals surface area contributed by atoms with E-state index < -0.39 is 0 Å². The van der Waals surface area contributed by atoms with Crippen LogP contribution in [0.3, 0.4) is 0 Å². The fourth-order valence-electron chi connectivity index (χ4n) is 3.18. The Morgan fingerprint density at radius 1 is 1.10 bits per heavy atom. The molecule has 1 atom stereocenters. The molecule has 0 aliphatic carbocycles. The van der Waals surface area contributed by atoms with Gasteiger partial charge >= 0.3 is 0 Å². The van der Waals surface area contributed by atoms with E-state index in [4.69, 9.17) is 32.7 Å². The number of halogens is 3. The summed E-state index contributed by atoms with van der Waals surface area (Å²) in [6.07, 6.45) is 0.916. The normalized spacial score (nSPS) is 12.3. The number of hydrogen-bond donors (Lipinski definition) is 0. The van der Waals surface area contributed by atoms with Gasteiger partial charge in [0.25, 0.3) is 5.89 Å². The third kappa shape index (κ3) is 3.92. The summed E-state index contributed by atoms with van der Waals surface area (Å²) in [5.74, 6) is 1.19. The van der Waals surface area contributed by atoms with E-state index in [-0.39, 0.29) is 5.92 Å². The highest BCUT2D eigenvalue weighted by Gasteiger charge is 2.24. The summed E-state index contributed by atoms with van der Waals surface area (Å²) in [6, 6.07) is 13.4. The lowest BCUT2D eigenvalue weighted by Gasteiger charge is -2.11. The lowest BCUT2D eigenvalue weighted by atomic mass is 10.1. The van der Waals surface area contributed by atoms with Crippen molar-refractivity contribution in [3.63, 3.8) is 0 Å². The molecule has 8 heteroatoms. The topological polar surface area (TPSA) is 56.7 Å². The van der Waals surface area contributed by atoms with Gasteiger partial charge in [-0.25, -0.2) is 4.68 Å². The van der Waals surface area contributed by atoms with Crippen molar-refractivity contribution in [3.8, 4) is 28.5 Å². The molecule has 2 heterocycles. The Balaban J connectivity index is 1.93. The lowest BCUT2D eigenvalue weighted by Crippen LogP contribution is -2.00. The van der Waals surface area contributed by atoms with Gasteiger partial charge in [0.05, 0.1) is 16.4 Å². The predicted octanol–water partition coefficient (Wildman–Crippen LogP) is 7.48. The monoisotopic (exact) mass is 504 g/mol. The third-order valence-corrected chi connectivity index (χ3v) is 6.12. The molecule has 0 amide bonds. The minimum absolute atomic E-state index is 0.185. The first-order valence-electron chi connectivity index (χ1n) is 9.53. The van der Waals surface area contributed by atoms with Crippen molar-refractivity contribution in [2.75, 3.05) is 0 Å². The molecule has 0 saturated heterocycles. The summed E-state index contributed by atoms with van der Waals surface area (Å²) in [5.41, 5.74) is 4.14. The van der Waals surface area contributed by atoms with Gasteiger partial charge in [0.15, 0.2) is 5.69 Å². The van der Waals surface area contributed by atoms with Crippen LogP contribution in [0.25, 0.3) is 28.5 Å². The van der Waals surface area contributed by atoms with E-state index in [0.29, 0.717) is 27.5 Å². The van der Waals surface area contributed by atoms with Crippen LogP contribution in [0.2, 0.25) is 10.0 Å². The van der Waals surface area contributed by atoms with Crippen molar-refractivity contribution in [2.24, 2.45) is 0 Å². The first-order chi connectivity index (χ1) is 14.4. The van der Waals surface area contributed by atoms with Crippen LogP contribution < -0.4 is 0 Å². The van der Waals surface area contributed by atoms with Gasteiger partial charge in [-0.1, -0.05) is 65.1 Å². The summed E-state index contributed by atoms with van der Waals surface area (Å²) >= 11 is 16.1. The number of rotatable bonds is 5. The Morgan fingerprint density at radius 3 is 2.50 bits per heavy atom. The van der Waals surface area contributed by atoms with Gasteiger partial charge in [0.2, 0.25) is 5.89 Å². The van der Waals surface area contributed by atoms with Gasteiger partial charge in [-0.15, -0.1) is 10.2 Å². The van der Waals surface area contributed by atoms with E-state index in [1.165, 1.54) is 0 Å². The highest BCUT2D eigenvalue weighted by atomic mass is 79.9. The highest BCUT2D eigenvalue weighted by molar-refractivity contribution is 9.10. The molecule has 5 nitrogen and oxygen atoms in total. The summed E-state index contributed by atoms with van der Waals surface area (Å²) in [5, 5.41) is 14.4. The Labute approximate surface area is 193 Å². The molecule has 0 radical (unpaired) electrons. The van der Waals surface area contributed by atoms with Crippen LogP contribution in [0.5, 0.6) is 0 Å². The Morgan fingerprint density at radius 2 is 1.83 bits per heavy atom. The van der Waals surface area contributed by atoms with Gasteiger partial charge in [0.1, 0.15) is 0 Å². The molecule has 0 saturated carbocycles. The molecule has 154 valence electrons. The molecule has 2 aromatic heterocycles. The van der Waals surface area contributed by atoms with Crippen LogP contribution >= 0.6 is 39.1 Å². The molecular formula is C22H19BrCl2N4O. The molecule has 30 heavy (non-hydrogen) atoms.